The van der Waals surface area contributed by atoms with Crippen molar-refractivity contribution in [1.82, 2.24) is 10.3 Å². The van der Waals surface area contributed by atoms with E-state index in [0.29, 0.717) is 11.4 Å². The van der Waals surface area contributed by atoms with Gasteiger partial charge in [0, 0.05) is 19.6 Å². The van der Waals surface area contributed by atoms with Crippen molar-refractivity contribution in [2.24, 2.45) is 5.92 Å². The fourth-order valence-electron chi connectivity index (χ4n) is 1.92. The normalized spacial score (nSPS) is 12.1. The summed E-state index contributed by atoms with van der Waals surface area (Å²) < 4.78 is 0. The first-order chi connectivity index (χ1) is 10.1. The maximum atomic E-state index is 12.1. The van der Waals surface area contributed by atoms with Crippen LogP contribution in [0.5, 0.6) is 0 Å². The summed E-state index contributed by atoms with van der Waals surface area (Å²) in [4.78, 5) is 17.3. The Balaban J connectivity index is 2.03. The lowest BCUT2D eigenvalue weighted by Gasteiger charge is -2.08. The Kier molecular flexibility index (Phi) is 5.47. The zero-order valence-electron chi connectivity index (χ0n) is 12.3. The first kappa shape index (κ1) is 15.7. The molecule has 1 aromatic carbocycles. The smallest absolute Gasteiger partial charge is 0.263 e. The minimum Gasteiger partial charge on any atom is -0.396 e. The second-order valence-electron chi connectivity index (χ2n) is 5.18. The van der Waals surface area contributed by atoms with E-state index in [1.165, 1.54) is 16.9 Å². The molecule has 2 N–H and O–H groups in total. The summed E-state index contributed by atoms with van der Waals surface area (Å²) >= 11 is 1.44. The molecule has 2 rings (SSSR count). The van der Waals surface area contributed by atoms with E-state index in [1.54, 1.807) is 0 Å². The number of hydrogen-bond donors (Lipinski definition) is 2. The van der Waals surface area contributed by atoms with Gasteiger partial charge in [0.25, 0.3) is 5.91 Å². The van der Waals surface area contributed by atoms with Gasteiger partial charge in [-0.1, -0.05) is 37.3 Å². The number of aliphatic hydroxyl groups is 1. The van der Waals surface area contributed by atoms with Crippen LogP contribution in [-0.2, 0) is 6.42 Å². The first-order valence-corrected chi connectivity index (χ1v) is 7.81. The van der Waals surface area contributed by atoms with Crippen LogP contribution < -0.4 is 5.32 Å². The molecule has 1 unspecified atom stereocenters. The van der Waals surface area contributed by atoms with Gasteiger partial charge in [0.2, 0.25) is 0 Å². The van der Waals surface area contributed by atoms with Gasteiger partial charge in [-0.05, 0) is 18.4 Å². The van der Waals surface area contributed by atoms with E-state index in [9.17, 15) is 4.79 Å². The van der Waals surface area contributed by atoms with Crippen molar-refractivity contribution in [2.75, 3.05) is 13.2 Å². The van der Waals surface area contributed by atoms with Crippen LogP contribution >= 0.6 is 11.3 Å². The van der Waals surface area contributed by atoms with E-state index in [0.717, 1.165) is 17.1 Å². The van der Waals surface area contributed by atoms with Crippen LogP contribution in [0.3, 0.4) is 0 Å². The highest BCUT2D eigenvalue weighted by molar-refractivity contribution is 7.13. The fraction of sp³-hybridized carbons (Fsp3) is 0.375. The van der Waals surface area contributed by atoms with Gasteiger partial charge in [0.05, 0.1) is 10.7 Å². The molecule has 1 aromatic heterocycles. The molecule has 112 valence electrons. The minimum atomic E-state index is -0.107. The van der Waals surface area contributed by atoms with Crippen LogP contribution in [0.15, 0.2) is 30.3 Å². The van der Waals surface area contributed by atoms with E-state index in [-0.39, 0.29) is 18.4 Å². The summed E-state index contributed by atoms with van der Waals surface area (Å²) in [7, 11) is 0. The summed E-state index contributed by atoms with van der Waals surface area (Å²) in [5.41, 5.74) is 1.95. The lowest BCUT2D eigenvalue weighted by atomic mass is 10.2. The number of carbonyl (C=O) groups excluding carboxylic acids is 1. The molecule has 1 heterocycles. The second-order valence-corrected chi connectivity index (χ2v) is 6.27. The number of rotatable bonds is 6. The fourth-order valence-corrected chi connectivity index (χ4v) is 2.94. The van der Waals surface area contributed by atoms with Crippen molar-refractivity contribution in [3.05, 3.63) is 51.5 Å². The maximum Gasteiger partial charge on any atom is 0.263 e. The van der Waals surface area contributed by atoms with Crippen molar-refractivity contribution < 1.29 is 9.90 Å². The molecule has 0 saturated heterocycles. The predicted octanol–water partition coefficient (Wildman–Crippen LogP) is 2.40. The zero-order valence-corrected chi connectivity index (χ0v) is 13.1. The molecular weight excluding hydrogens is 284 g/mol. The van der Waals surface area contributed by atoms with Crippen LogP contribution in [0.2, 0.25) is 0 Å². The molecule has 5 heteroatoms. The monoisotopic (exact) mass is 304 g/mol. The van der Waals surface area contributed by atoms with E-state index in [2.05, 4.69) is 22.4 Å². The van der Waals surface area contributed by atoms with Gasteiger partial charge in [-0.25, -0.2) is 4.98 Å². The first-order valence-electron chi connectivity index (χ1n) is 6.99. The molecule has 1 atom stereocenters. The topological polar surface area (TPSA) is 62.2 Å². The predicted molar refractivity (Wildman–Crippen MR) is 84.7 cm³/mol. The van der Waals surface area contributed by atoms with Crippen molar-refractivity contribution in [1.29, 1.82) is 0 Å². The molecule has 0 aliphatic rings. The number of amides is 1. The molecule has 0 aliphatic carbocycles. The van der Waals surface area contributed by atoms with Gasteiger partial charge in [0.15, 0.2) is 0 Å². The molecule has 0 spiro atoms. The molecular formula is C16H20N2O2S. The third-order valence-electron chi connectivity index (χ3n) is 3.17. The third kappa shape index (κ3) is 4.37. The summed E-state index contributed by atoms with van der Waals surface area (Å²) in [6.45, 7) is 4.29. The largest absolute Gasteiger partial charge is 0.396 e. The molecule has 0 fully saturated rings. The highest BCUT2D eigenvalue weighted by Crippen LogP contribution is 2.20. The van der Waals surface area contributed by atoms with E-state index >= 15 is 0 Å². The zero-order chi connectivity index (χ0) is 15.2. The molecule has 21 heavy (non-hydrogen) atoms. The molecule has 0 saturated carbocycles. The Morgan fingerprint density at radius 2 is 2.10 bits per heavy atom. The summed E-state index contributed by atoms with van der Waals surface area (Å²) in [6, 6.07) is 10.1. The van der Waals surface area contributed by atoms with Gasteiger partial charge in [-0.2, -0.15) is 0 Å². The van der Waals surface area contributed by atoms with Crippen LogP contribution in [0.25, 0.3) is 0 Å². The quantitative estimate of drug-likeness (QED) is 0.861. The molecule has 4 nitrogen and oxygen atoms in total. The molecule has 0 aliphatic heterocycles. The summed E-state index contributed by atoms with van der Waals surface area (Å²) in [6.07, 6.45) is 0.743. The number of aromatic nitrogens is 1. The number of aliphatic hydroxyl groups excluding tert-OH is 1. The van der Waals surface area contributed by atoms with Gasteiger partial charge in [-0.3, -0.25) is 4.79 Å². The van der Waals surface area contributed by atoms with Gasteiger partial charge < -0.3 is 10.4 Å². The molecule has 0 bridgehead atoms. The molecule has 0 radical (unpaired) electrons. The molecule has 1 amide bonds. The van der Waals surface area contributed by atoms with Crippen LogP contribution in [0.4, 0.5) is 0 Å². The Bertz CT molecular complexity index is 596. The van der Waals surface area contributed by atoms with E-state index in [1.807, 2.05) is 32.0 Å². The average molecular weight is 304 g/mol. The van der Waals surface area contributed by atoms with Gasteiger partial charge in [0.1, 0.15) is 4.88 Å². The minimum absolute atomic E-state index is 0.0611. The van der Waals surface area contributed by atoms with Crippen molar-refractivity contribution in [2.45, 2.75) is 20.3 Å². The number of hydrogen-bond acceptors (Lipinski definition) is 4. The SMILES string of the molecule is Cc1nc(Cc2ccccc2)sc1C(=O)NCC(C)CO. The number of nitrogens with zero attached hydrogens (tertiary/aromatic N) is 1. The molecule has 2 aromatic rings. The van der Waals surface area contributed by atoms with E-state index < -0.39 is 0 Å². The van der Waals surface area contributed by atoms with Crippen LogP contribution in [-0.4, -0.2) is 29.1 Å². The Hall–Kier alpha value is -1.72. The lowest BCUT2D eigenvalue weighted by Crippen LogP contribution is -2.29. The number of aryl methyl sites for hydroxylation is 1. The number of thiazole rings is 1. The summed E-state index contributed by atoms with van der Waals surface area (Å²) in [5.74, 6) is -0.0458. The Morgan fingerprint density at radius 1 is 1.38 bits per heavy atom. The van der Waals surface area contributed by atoms with Gasteiger partial charge in [-0.15, -0.1) is 11.3 Å². The third-order valence-corrected chi connectivity index (χ3v) is 4.32. The standard InChI is InChI=1S/C16H20N2O2S/c1-11(10-19)9-17-16(20)15-12(2)18-14(21-15)8-13-6-4-3-5-7-13/h3-7,11,19H,8-10H2,1-2H3,(H,17,20). The number of nitrogens with one attached hydrogen (secondary N) is 1. The van der Waals surface area contributed by atoms with Crippen LogP contribution in [0, 0.1) is 12.8 Å². The second kappa shape index (κ2) is 7.33. The van der Waals surface area contributed by atoms with Crippen molar-refractivity contribution >= 4 is 17.2 Å². The van der Waals surface area contributed by atoms with Crippen LogP contribution in [0.1, 0.15) is 32.9 Å². The Morgan fingerprint density at radius 3 is 2.76 bits per heavy atom. The number of carbonyl (C=O) groups is 1. The Labute approximate surface area is 128 Å². The summed E-state index contributed by atoms with van der Waals surface area (Å²) in [5, 5.41) is 12.8. The maximum absolute atomic E-state index is 12.1. The number of benzene rings is 1. The average Bonchev–Trinajstić information content (AvgIpc) is 2.86. The lowest BCUT2D eigenvalue weighted by molar-refractivity contribution is 0.0945. The van der Waals surface area contributed by atoms with Gasteiger partial charge >= 0.3 is 0 Å². The van der Waals surface area contributed by atoms with Crippen molar-refractivity contribution in [3.8, 4) is 0 Å². The highest BCUT2D eigenvalue weighted by atomic mass is 32.1. The van der Waals surface area contributed by atoms with Crippen molar-refractivity contribution in [3.63, 3.8) is 0 Å². The highest BCUT2D eigenvalue weighted by Gasteiger charge is 2.15. The van der Waals surface area contributed by atoms with E-state index in [4.69, 9.17) is 5.11 Å².